The van der Waals surface area contributed by atoms with E-state index in [0.29, 0.717) is 33.5 Å². The van der Waals surface area contributed by atoms with Gasteiger partial charge in [0.15, 0.2) is 11.5 Å². The lowest BCUT2D eigenvalue weighted by Gasteiger charge is -2.18. The molecule has 38 heavy (non-hydrogen) atoms. The van der Waals surface area contributed by atoms with Crippen LogP contribution in [0.5, 0.6) is 0 Å². The van der Waals surface area contributed by atoms with Crippen LogP contribution in [0.3, 0.4) is 0 Å². The molecule has 0 fully saturated rings. The van der Waals surface area contributed by atoms with Crippen molar-refractivity contribution in [2.24, 2.45) is 0 Å². The second kappa shape index (κ2) is 8.80. The van der Waals surface area contributed by atoms with Gasteiger partial charge in [0.1, 0.15) is 23.0 Å². The van der Waals surface area contributed by atoms with Crippen LogP contribution in [0, 0.1) is 5.82 Å². The zero-order chi connectivity index (χ0) is 26.4. The fourth-order valence-corrected chi connectivity index (χ4v) is 4.49. The number of carbonyl (C=O) groups excluding carboxylic acids is 2. The maximum atomic E-state index is 14.4. The highest BCUT2D eigenvalue weighted by molar-refractivity contribution is 6.12. The third-order valence-corrected chi connectivity index (χ3v) is 6.48. The first kappa shape index (κ1) is 23.3. The Morgan fingerprint density at radius 1 is 1.05 bits per heavy atom. The summed E-state index contributed by atoms with van der Waals surface area (Å²) in [7, 11) is 0. The summed E-state index contributed by atoms with van der Waals surface area (Å²) in [6.07, 6.45) is 4.73. The fourth-order valence-electron chi connectivity index (χ4n) is 4.49. The van der Waals surface area contributed by atoms with Crippen molar-refractivity contribution < 1.29 is 14.0 Å². The number of hydrogen-bond acceptors (Lipinski definition) is 7. The Kier molecular flexibility index (Phi) is 5.41. The Hall–Kier alpha value is -5.06. The zero-order valence-corrected chi connectivity index (χ0v) is 20.4. The summed E-state index contributed by atoms with van der Waals surface area (Å²) in [4.78, 5) is 43.9. The number of halogens is 1. The van der Waals surface area contributed by atoms with E-state index in [2.05, 4.69) is 35.7 Å². The Morgan fingerprint density at radius 2 is 1.84 bits per heavy atom. The van der Waals surface area contributed by atoms with Gasteiger partial charge in [-0.1, -0.05) is 18.2 Å². The molecule has 2 amide bonds. The lowest BCUT2D eigenvalue weighted by molar-refractivity contribution is -0.119. The summed E-state index contributed by atoms with van der Waals surface area (Å²) in [5.41, 5.74) is 1.23. The molecule has 188 valence electrons. The van der Waals surface area contributed by atoms with Crippen molar-refractivity contribution in [2.45, 2.75) is 25.8 Å². The summed E-state index contributed by atoms with van der Waals surface area (Å²) in [6, 6.07) is 13.3. The Balaban J connectivity index is 1.51. The molecule has 0 spiro atoms. The van der Waals surface area contributed by atoms with Crippen LogP contribution in [0.2, 0.25) is 0 Å². The molecule has 1 aliphatic rings. The summed E-state index contributed by atoms with van der Waals surface area (Å²) in [6.45, 7) is 3.55. The molecular formula is C27H21FN8O2. The highest BCUT2D eigenvalue weighted by atomic mass is 19.1. The van der Waals surface area contributed by atoms with Gasteiger partial charge in [-0.15, -0.1) is 0 Å². The van der Waals surface area contributed by atoms with Gasteiger partial charge in [0.05, 0.1) is 17.3 Å². The molecule has 6 rings (SSSR count). The van der Waals surface area contributed by atoms with Gasteiger partial charge < -0.3 is 10.6 Å². The molecule has 1 aliphatic heterocycles. The maximum Gasteiger partial charge on any atom is 0.274 e. The Bertz CT molecular complexity index is 1730. The number of aromatic nitrogens is 6. The number of fused-ring (bicyclic) bond motifs is 2. The van der Waals surface area contributed by atoms with Crippen LogP contribution in [0.25, 0.3) is 22.6 Å². The number of hydrogen-bond donors (Lipinski definition) is 2. The monoisotopic (exact) mass is 508 g/mol. The molecular weight excluding hydrogens is 487 g/mol. The molecule has 0 saturated heterocycles. The van der Waals surface area contributed by atoms with Crippen LogP contribution in [-0.4, -0.2) is 41.5 Å². The SMILES string of the molecule is CC1(C)C(=O)Nc2nc(-c3nn(Cc4ccccc4F)c4ncccc34)nc(C(=O)Nc3ccncc3)c21. The summed E-state index contributed by atoms with van der Waals surface area (Å²) in [5, 5.41) is 10.9. The topological polar surface area (TPSA) is 128 Å². The summed E-state index contributed by atoms with van der Waals surface area (Å²) in [5.74, 6) is -0.790. The normalized spacial score (nSPS) is 13.8. The quantitative estimate of drug-likeness (QED) is 0.368. The average Bonchev–Trinajstić information content (AvgIpc) is 3.39. The van der Waals surface area contributed by atoms with Crippen molar-refractivity contribution in [1.29, 1.82) is 0 Å². The van der Waals surface area contributed by atoms with Gasteiger partial charge in [0.25, 0.3) is 5.91 Å². The molecule has 0 radical (unpaired) electrons. The average molecular weight is 509 g/mol. The van der Waals surface area contributed by atoms with Crippen LogP contribution < -0.4 is 10.6 Å². The minimum absolute atomic E-state index is 0.0471. The van der Waals surface area contributed by atoms with E-state index in [1.165, 1.54) is 6.07 Å². The van der Waals surface area contributed by atoms with Crippen LogP contribution in [-0.2, 0) is 16.8 Å². The van der Waals surface area contributed by atoms with Crippen LogP contribution in [0.1, 0.15) is 35.5 Å². The lowest BCUT2D eigenvalue weighted by atomic mass is 9.85. The summed E-state index contributed by atoms with van der Waals surface area (Å²) >= 11 is 0. The number of nitrogens with one attached hydrogen (secondary N) is 2. The van der Waals surface area contributed by atoms with Crippen LogP contribution in [0.15, 0.2) is 67.1 Å². The molecule has 0 bridgehead atoms. The van der Waals surface area contributed by atoms with E-state index in [0.717, 1.165) is 0 Å². The third kappa shape index (κ3) is 3.84. The third-order valence-electron chi connectivity index (χ3n) is 6.48. The van der Waals surface area contributed by atoms with Gasteiger partial charge in [0, 0.05) is 35.4 Å². The van der Waals surface area contributed by atoms with Crippen molar-refractivity contribution in [3.8, 4) is 11.5 Å². The van der Waals surface area contributed by atoms with Crippen LogP contribution >= 0.6 is 0 Å². The van der Waals surface area contributed by atoms with Crippen molar-refractivity contribution in [1.82, 2.24) is 29.7 Å². The van der Waals surface area contributed by atoms with Gasteiger partial charge in [-0.25, -0.2) is 24.0 Å². The highest BCUT2D eigenvalue weighted by Gasteiger charge is 2.44. The van der Waals surface area contributed by atoms with Gasteiger partial charge in [-0.2, -0.15) is 5.10 Å². The van der Waals surface area contributed by atoms with Crippen molar-refractivity contribution >= 4 is 34.4 Å². The smallest absolute Gasteiger partial charge is 0.274 e. The first-order valence-corrected chi connectivity index (χ1v) is 11.8. The van der Waals surface area contributed by atoms with E-state index in [1.54, 1.807) is 79.6 Å². The van der Waals surface area contributed by atoms with E-state index >= 15 is 0 Å². The molecule has 2 N–H and O–H groups in total. The number of anilines is 2. The van der Waals surface area contributed by atoms with Crippen molar-refractivity contribution in [3.63, 3.8) is 0 Å². The maximum absolute atomic E-state index is 14.4. The Morgan fingerprint density at radius 3 is 2.63 bits per heavy atom. The molecule has 0 unspecified atom stereocenters. The van der Waals surface area contributed by atoms with E-state index in [1.807, 2.05) is 0 Å². The largest absolute Gasteiger partial charge is 0.321 e. The fraction of sp³-hybridized carbons (Fsp3) is 0.148. The first-order valence-electron chi connectivity index (χ1n) is 11.8. The van der Waals surface area contributed by atoms with E-state index < -0.39 is 11.3 Å². The molecule has 0 saturated carbocycles. The number of carbonyl (C=O) groups is 2. The van der Waals surface area contributed by atoms with E-state index in [9.17, 15) is 14.0 Å². The standard InChI is InChI=1S/C27H21FN8O2/c1-27(2)19-21(25(37)31-16-9-12-29-13-10-16)32-23(33-22(19)34-26(27)38)20-17-7-5-11-30-24(17)36(35-20)14-15-6-3-4-8-18(15)28/h3-13H,14H2,1-2H3,(H,29,31,37)(H,32,33,34,38). The van der Waals surface area contributed by atoms with Crippen molar-refractivity contribution in [3.05, 3.63) is 89.8 Å². The molecule has 0 aliphatic carbocycles. The number of pyridine rings is 2. The first-order chi connectivity index (χ1) is 18.3. The summed E-state index contributed by atoms with van der Waals surface area (Å²) < 4.78 is 16.0. The van der Waals surface area contributed by atoms with Gasteiger partial charge >= 0.3 is 0 Å². The molecule has 5 aromatic rings. The minimum atomic E-state index is -1.04. The molecule has 10 nitrogen and oxygen atoms in total. The number of amides is 2. The van der Waals surface area contributed by atoms with Gasteiger partial charge in [-0.3, -0.25) is 14.6 Å². The second-order valence-corrected chi connectivity index (χ2v) is 9.36. The molecule has 0 atom stereocenters. The van der Waals surface area contributed by atoms with Gasteiger partial charge in [0.2, 0.25) is 5.91 Å². The predicted molar refractivity (Wildman–Crippen MR) is 138 cm³/mol. The Labute approximate surface area is 216 Å². The van der Waals surface area contributed by atoms with Crippen molar-refractivity contribution in [2.75, 3.05) is 10.6 Å². The van der Waals surface area contributed by atoms with Gasteiger partial charge in [-0.05, 0) is 44.2 Å². The second-order valence-electron chi connectivity index (χ2n) is 9.36. The predicted octanol–water partition coefficient (Wildman–Crippen LogP) is 3.95. The van der Waals surface area contributed by atoms with E-state index in [-0.39, 0.29) is 35.6 Å². The molecule has 5 heterocycles. The number of nitrogens with zero attached hydrogens (tertiary/aromatic N) is 6. The molecule has 1 aromatic carbocycles. The highest BCUT2D eigenvalue weighted by Crippen LogP contribution is 2.40. The number of benzene rings is 1. The number of rotatable bonds is 5. The molecule has 11 heteroatoms. The molecule has 4 aromatic heterocycles. The van der Waals surface area contributed by atoms with Crippen LogP contribution in [0.4, 0.5) is 15.9 Å². The van der Waals surface area contributed by atoms with E-state index in [4.69, 9.17) is 0 Å². The minimum Gasteiger partial charge on any atom is -0.321 e. The zero-order valence-electron chi connectivity index (χ0n) is 20.4. The lowest BCUT2D eigenvalue weighted by Crippen LogP contribution is -2.29.